The molecule has 0 spiro atoms. The SMILES string of the molecule is C[C@@H](C(=O)Nc1cn(Cc2cc(F)c(F)cc2F)cn1)N1CCC(F)(F)[C@@H](c2cc[n+]([O-])cc2)C1. The Balaban J connectivity index is 1.41. The van der Waals surface area contributed by atoms with Crippen LogP contribution in [0.1, 0.15) is 30.4 Å². The van der Waals surface area contributed by atoms with E-state index in [-0.39, 0.29) is 31.0 Å². The van der Waals surface area contributed by atoms with Crippen molar-refractivity contribution in [2.24, 2.45) is 0 Å². The van der Waals surface area contributed by atoms with Crippen LogP contribution in [0.25, 0.3) is 0 Å². The van der Waals surface area contributed by atoms with Gasteiger partial charge in [0.25, 0.3) is 5.92 Å². The van der Waals surface area contributed by atoms with Gasteiger partial charge in [-0.25, -0.2) is 26.9 Å². The summed E-state index contributed by atoms with van der Waals surface area (Å²) >= 11 is 0. The van der Waals surface area contributed by atoms with Crippen molar-refractivity contribution < 1.29 is 31.5 Å². The topological polar surface area (TPSA) is 77.1 Å². The van der Waals surface area contributed by atoms with Crippen LogP contribution in [0.5, 0.6) is 0 Å². The molecule has 7 nitrogen and oxygen atoms in total. The Labute approximate surface area is 197 Å². The van der Waals surface area contributed by atoms with E-state index in [1.165, 1.54) is 29.2 Å². The number of nitrogens with one attached hydrogen (secondary N) is 1. The average molecular weight is 495 g/mol. The van der Waals surface area contributed by atoms with Crippen molar-refractivity contribution >= 4 is 11.7 Å². The fraction of sp³-hybridized carbons (Fsp3) is 0.348. The summed E-state index contributed by atoms with van der Waals surface area (Å²) in [5.74, 6) is -7.92. The van der Waals surface area contributed by atoms with Crippen LogP contribution in [0, 0.1) is 22.7 Å². The number of likely N-dealkylation sites (tertiary alicyclic amines) is 1. The molecule has 3 aromatic rings. The van der Waals surface area contributed by atoms with E-state index in [9.17, 15) is 32.0 Å². The predicted octanol–water partition coefficient (Wildman–Crippen LogP) is 3.43. The molecule has 1 saturated heterocycles. The number of anilines is 1. The lowest BCUT2D eigenvalue weighted by Crippen LogP contribution is -2.52. The molecule has 4 rings (SSSR count). The van der Waals surface area contributed by atoms with Gasteiger partial charge in [0.05, 0.1) is 24.8 Å². The van der Waals surface area contributed by atoms with E-state index in [0.717, 1.165) is 18.5 Å². The summed E-state index contributed by atoms with van der Waals surface area (Å²) in [4.78, 5) is 18.4. The molecule has 1 fully saturated rings. The van der Waals surface area contributed by atoms with Crippen LogP contribution < -0.4 is 10.0 Å². The molecule has 1 aliphatic heterocycles. The van der Waals surface area contributed by atoms with E-state index in [2.05, 4.69) is 10.3 Å². The second kappa shape index (κ2) is 9.61. The molecule has 1 amide bonds. The monoisotopic (exact) mass is 495 g/mol. The molecule has 1 aliphatic rings. The highest BCUT2D eigenvalue weighted by Gasteiger charge is 2.46. The molecule has 0 bridgehead atoms. The van der Waals surface area contributed by atoms with E-state index in [4.69, 9.17) is 0 Å². The van der Waals surface area contributed by atoms with E-state index >= 15 is 0 Å². The second-order valence-electron chi connectivity index (χ2n) is 8.50. The minimum atomic E-state index is -2.99. The van der Waals surface area contributed by atoms with Crippen LogP contribution in [0.15, 0.2) is 49.2 Å². The van der Waals surface area contributed by atoms with Crippen molar-refractivity contribution in [3.05, 3.63) is 83.0 Å². The fourth-order valence-corrected chi connectivity index (χ4v) is 4.07. The van der Waals surface area contributed by atoms with Gasteiger partial charge in [0.1, 0.15) is 5.82 Å². The number of nitrogens with zero attached hydrogens (tertiary/aromatic N) is 4. The molecule has 3 heterocycles. The average Bonchev–Trinajstić information content (AvgIpc) is 3.24. The van der Waals surface area contributed by atoms with Gasteiger partial charge in [-0.15, -0.1) is 0 Å². The Morgan fingerprint density at radius 3 is 2.63 bits per heavy atom. The molecule has 0 saturated carbocycles. The van der Waals surface area contributed by atoms with Crippen LogP contribution in [-0.2, 0) is 11.3 Å². The van der Waals surface area contributed by atoms with Gasteiger partial charge in [-0.3, -0.25) is 9.69 Å². The molecule has 2 atom stereocenters. The largest absolute Gasteiger partial charge is 0.619 e. The molecule has 35 heavy (non-hydrogen) atoms. The zero-order valence-corrected chi connectivity index (χ0v) is 18.6. The summed E-state index contributed by atoms with van der Waals surface area (Å²) in [6.45, 7) is 1.34. The van der Waals surface area contributed by atoms with Crippen molar-refractivity contribution in [1.82, 2.24) is 14.5 Å². The molecule has 0 aliphatic carbocycles. The number of hydrogen-bond acceptors (Lipinski definition) is 4. The van der Waals surface area contributed by atoms with Crippen LogP contribution in [0.4, 0.5) is 27.8 Å². The highest BCUT2D eigenvalue weighted by molar-refractivity contribution is 5.93. The van der Waals surface area contributed by atoms with Crippen LogP contribution in [-0.4, -0.2) is 45.4 Å². The summed E-state index contributed by atoms with van der Waals surface area (Å²) in [7, 11) is 0. The zero-order chi connectivity index (χ0) is 25.3. The Kier molecular flexibility index (Phi) is 6.75. The number of hydrogen-bond donors (Lipinski definition) is 1. The van der Waals surface area contributed by atoms with Gasteiger partial charge in [0, 0.05) is 49.5 Å². The smallest absolute Gasteiger partial charge is 0.257 e. The molecule has 1 aromatic carbocycles. The van der Waals surface area contributed by atoms with Gasteiger partial charge < -0.3 is 15.1 Å². The summed E-state index contributed by atoms with van der Waals surface area (Å²) in [5, 5.41) is 13.8. The number of halogens is 5. The van der Waals surface area contributed by atoms with Gasteiger partial charge in [-0.1, -0.05) is 0 Å². The normalized spacial score (nSPS) is 18.9. The van der Waals surface area contributed by atoms with Crippen LogP contribution >= 0.6 is 0 Å². The Hall–Kier alpha value is -3.54. The lowest BCUT2D eigenvalue weighted by molar-refractivity contribution is -0.605. The number of rotatable bonds is 6. The zero-order valence-electron chi connectivity index (χ0n) is 18.6. The first-order chi connectivity index (χ1) is 16.5. The van der Waals surface area contributed by atoms with Crippen molar-refractivity contribution in [2.45, 2.75) is 37.8 Å². The number of imidazole rings is 1. The quantitative estimate of drug-likeness (QED) is 0.246. The number of benzene rings is 1. The third-order valence-electron chi connectivity index (χ3n) is 6.14. The summed E-state index contributed by atoms with van der Waals surface area (Å²) < 4.78 is 71.5. The number of pyridine rings is 1. The van der Waals surface area contributed by atoms with E-state index in [1.807, 2.05) is 0 Å². The lowest BCUT2D eigenvalue weighted by Gasteiger charge is -2.40. The molecule has 186 valence electrons. The van der Waals surface area contributed by atoms with Gasteiger partial charge in [-0.2, -0.15) is 4.73 Å². The van der Waals surface area contributed by atoms with Crippen molar-refractivity contribution in [3.63, 3.8) is 0 Å². The molecule has 1 N–H and O–H groups in total. The minimum Gasteiger partial charge on any atom is -0.619 e. The Morgan fingerprint density at radius 1 is 1.23 bits per heavy atom. The Bertz CT molecular complexity index is 1220. The molecule has 0 radical (unpaired) electrons. The van der Waals surface area contributed by atoms with Gasteiger partial charge in [-0.05, 0) is 18.6 Å². The van der Waals surface area contributed by atoms with E-state index < -0.39 is 47.7 Å². The van der Waals surface area contributed by atoms with E-state index in [1.54, 1.807) is 11.8 Å². The Morgan fingerprint density at radius 2 is 1.91 bits per heavy atom. The maximum absolute atomic E-state index is 14.6. The van der Waals surface area contributed by atoms with E-state index in [0.29, 0.717) is 16.4 Å². The maximum atomic E-state index is 14.6. The number of aromatic nitrogens is 3. The molecule has 0 unspecified atom stereocenters. The highest BCUT2D eigenvalue weighted by Crippen LogP contribution is 2.40. The first kappa shape index (κ1) is 24.6. The summed E-state index contributed by atoms with van der Waals surface area (Å²) in [6.07, 6.45) is 4.54. The van der Waals surface area contributed by atoms with Gasteiger partial charge >= 0.3 is 0 Å². The van der Waals surface area contributed by atoms with Crippen LogP contribution in [0.2, 0.25) is 0 Å². The standard InChI is InChI=1S/C23H22F5N5O2/c1-14(32-7-4-23(27,28)17(11-32)15-2-5-33(35)6-3-15)22(34)30-21-12-31(13-29-21)10-16-8-19(25)20(26)9-18(16)24/h2-3,5-6,8-9,12-14,17H,4,7,10-11H2,1H3,(H,30,34)/t14-,17+/m0/s1. The maximum Gasteiger partial charge on any atom is 0.257 e. The minimum absolute atomic E-state index is 0.00365. The molecule has 12 heteroatoms. The molecular weight excluding hydrogens is 473 g/mol. The molecule has 2 aromatic heterocycles. The lowest BCUT2D eigenvalue weighted by atomic mass is 9.87. The third-order valence-corrected chi connectivity index (χ3v) is 6.14. The third kappa shape index (κ3) is 5.42. The number of amides is 1. The first-order valence-corrected chi connectivity index (χ1v) is 10.8. The summed E-state index contributed by atoms with van der Waals surface area (Å²) in [5.41, 5.74) is 0.207. The number of piperidine rings is 1. The van der Waals surface area contributed by atoms with Gasteiger partial charge in [0.15, 0.2) is 29.8 Å². The number of carbonyl (C=O) groups is 1. The predicted molar refractivity (Wildman–Crippen MR) is 115 cm³/mol. The van der Waals surface area contributed by atoms with Crippen molar-refractivity contribution in [1.29, 1.82) is 0 Å². The second-order valence-corrected chi connectivity index (χ2v) is 8.50. The van der Waals surface area contributed by atoms with Crippen LogP contribution in [0.3, 0.4) is 0 Å². The highest BCUT2D eigenvalue weighted by atomic mass is 19.3. The van der Waals surface area contributed by atoms with Crippen molar-refractivity contribution in [2.75, 3.05) is 18.4 Å². The molecular formula is C23H22F5N5O2. The van der Waals surface area contributed by atoms with Crippen molar-refractivity contribution in [3.8, 4) is 0 Å². The first-order valence-electron chi connectivity index (χ1n) is 10.8. The van der Waals surface area contributed by atoms with Gasteiger partial charge in [0.2, 0.25) is 5.91 Å². The number of alkyl halides is 2. The number of carbonyl (C=O) groups excluding carboxylic acids is 1. The summed E-state index contributed by atoms with van der Waals surface area (Å²) in [6, 6.07) is 3.13. The fourth-order valence-electron chi connectivity index (χ4n) is 4.07.